The fourth-order valence-corrected chi connectivity index (χ4v) is 9.45. The van der Waals surface area contributed by atoms with Crippen LogP contribution in [0.1, 0.15) is 93.6 Å². The maximum absolute atomic E-state index is 13.7. The molecular formula is C50H58N6O6. The van der Waals surface area contributed by atoms with Crippen LogP contribution in [-0.2, 0) is 41.5 Å². The zero-order valence-electron chi connectivity index (χ0n) is 36.9. The van der Waals surface area contributed by atoms with Gasteiger partial charge in [-0.25, -0.2) is 9.59 Å². The molecule has 0 saturated carbocycles. The molecule has 0 spiro atoms. The SMILES string of the molecule is CCC[C@@H](CC(=O)O)n1c(=O)n(Cc2cn(C)c3cccc(C)c23)c2ccccc21.CCC[C@@H](CC(=O)OCC)n1c(=O)n(Cc2cn(C)c3cccc(C)c23)c2ccccc21. The molecule has 4 heterocycles. The quantitative estimate of drug-likeness (QED) is 0.103. The van der Waals surface area contributed by atoms with Gasteiger partial charge in [0.2, 0.25) is 0 Å². The highest BCUT2D eigenvalue weighted by Gasteiger charge is 2.25. The number of hydrogen-bond donors (Lipinski definition) is 1. The number of carbonyl (C=O) groups excluding carboxylic acids is 1. The van der Waals surface area contributed by atoms with E-state index in [9.17, 15) is 24.3 Å². The molecule has 12 heteroatoms. The van der Waals surface area contributed by atoms with Gasteiger partial charge in [-0.2, -0.15) is 0 Å². The van der Waals surface area contributed by atoms with Crippen molar-refractivity contribution in [2.75, 3.05) is 6.61 Å². The molecule has 0 bridgehead atoms. The van der Waals surface area contributed by atoms with Crippen molar-refractivity contribution >= 4 is 55.8 Å². The topological polar surface area (TPSA) is 127 Å². The minimum atomic E-state index is -0.887. The van der Waals surface area contributed by atoms with E-state index in [2.05, 4.69) is 72.6 Å². The van der Waals surface area contributed by atoms with Crippen molar-refractivity contribution in [2.24, 2.45) is 14.1 Å². The lowest BCUT2D eigenvalue weighted by molar-refractivity contribution is -0.144. The minimum Gasteiger partial charge on any atom is -0.481 e. The van der Waals surface area contributed by atoms with Crippen LogP contribution in [0.3, 0.4) is 0 Å². The third-order valence-electron chi connectivity index (χ3n) is 12.1. The van der Waals surface area contributed by atoms with E-state index in [0.29, 0.717) is 26.1 Å². The highest BCUT2D eigenvalue weighted by molar-refractivity contribution is 5.88. The van der Waals surface area contributed by atoms with Crippen LogP contribution in [0, 0.1) is 13.8 Å². The summed E-state index contributed by atoms with van der Waals surface area (Å²) in [6.07, 6.45) is 7.39. The average Bonchev–Trinajstić information content (AvgIpc) is 3.92. The number of imidazole rings is 2. The van der Waals surface area contributed by atoms with E-state index >= 15 is 0 Å². The Morgan fingerprint density at radius 3 is 1.39 bits per heavy atom. The number of carboxylic acids is 1. The number of esters is 1. The van der Waals surface area contributed by atoms with Gasteiger partial charge >= 0.3 is 23.3 Å². The summed E-state index contributed by atoms with van der Waals surface area (Å²) < 4.78 is 16.5. The summed E-state index contributed by atoms with van der Waals surface area (Å²) in [5.41, 5.74) is 9.99. The average molecular weight is 839 g/mol. The summed E-state index contributed by atoms with van der Waals surface area (Å²) >= 11 is 0. The Labute approximate surface area is 361 Å². The first kappa shape index (κ1) is 43.5. The lowest BCUT2D eigenvalue weighted by Gasteiger charge is -2.17. The van der Waals surface area contributed by atoms with Crippen LogP contribution >= 0.6 is 0 Å². The smallest absolute Gasteiger partial charge is 0.329 e. The lowest BCUT2D eigenvalue weighted by atomic mass is 10.1. The van der Waals surface area contributed by atoms with Crippen molar-refractivity contribution in [1.82, 2.24) is 27.4 Å². The molecule has 0 saturated heterocycles. The van der Waals surface area contributed by atoms with E-state index in [1.165, 1.54) is 21.9 Å². The van der Waals surface area contributed by atoms with Crippen molar-refractivity contribution in [3.05, 3.63) is 141 Å². The Kier molecular flexibility index (Phi) is 13.1. The summed E-state index contributed by atoms with van der Waals surface area (Å²) in [4.78, 5) is 51.0. The second-order valence-electron chi connectivity index (χ2n) is 16.4. The molecule has 1 N–H and O–H groups in total. The number of hydrogen-bond acceptors (Lipinski definition) is 5. The van der Waals surface area contributed by atoms with E-state index in [-0.39, 0.29) is 42.3 Å². The Morgan fingerprint density at radius 2 is 0.984 bits per heavy atom. The van der Waals surface area contributed by atoms with E-state index < -0.39 is 5.97 Å². The van der Waals surface area contributed by atoms with Crippen molar-refractivity contribution in [2.45, 2.75) is 98.3 Å². The number of rotatable bonds is 15. The summed E-state index contributed by atoms with van der Waals surface area (Å²) in [5, 5.41) is 11.8. The highest BCUT2D eigenvalue weighted by atomic mass is 16.5. The van der Waals surface area contributed by atoms with Crippen LogP contribution in [-0.4, -0.2) is 51.1 Å². The first-order valence-corrected chi connectivity index (χ1v) is 21.7. The first-order valence-electron chi connectivity index (χ1n) is 21.7. The molecule has 4 aromatic carbocycles. The van der Waals surface area contributed by atoms with Crippen LogP contribution < -0.4 is 11.4 Å². The van der Waals surface area contributed by atoms with Crippen LogP contribution in [0.2, 0.25) is 0 Å². The monoisotopic (exact) mass is 838 g/mol. The number of carbonyl (C=O) groups is 2. The molecule has 12 nitrogen and oxygen atoms in total. The minimum absolute atomic E-state index is 0.0604. The number of benzene rings is 4. The predicted molar refractivity (Wildman–Crippen MR) is 247 cm³/mol. The number of carboxylic acid groups (broad SMARTS) is 1. The van der Waals surface area contributed by atoms with Crippen LogP contribution in [0.15, 0.2) is 107 Å². The molecule has 4 aromatic heterocycles. The molecule has 0 fully saturated rings. The maximum Gasteiger partial charge on any atom is 0.329 e. The predicted octanol–water partition coefficient (Wildman–Crippen LogP) is 9.41. The summed E-state index contributed by atoms with van der Waals surface area (Å²) in [6, 6.07) is 27.4. The second kappa shape index (κ2) is 18.6. The zero-order chi connectivity index (χ0) is 44.2. The standard InChI is InChI=1S/C26H31N3O3.C24H27N3O3/c1-5-10-20(15-24(30)32-6-2)29-22-13-8-7-12-21(22)28(26(29)31)17-19-16-27(4)23-14-9-11-18(3)25(19)23;1-4-8-18(13-22(28)29)27-20-11-6-5-10-19(20)26(24(27)30)15-17-14-25(3)21-12-7-9-16(2)23(17)21/h7-9,11-14,16,20H,5-6,10,15,17H2,1-4H3;5-7,9-12,14,18H,4,8,13,15H2,1-3H3,(H,28,29)/t20-;18-/m00/s1. The molecule has 0 radical (unpaired) electrons. The Morgan fingerprint density at radius 1 is 0.581 bits per heavy atom. The van der Waals surface area contributed by atoms with Gasteiger partial charge in [-0.15, -0.1) is 0 Å². The summed E-state index contributed by atoms with van der Waals surface area (Å²) in [5.74, 6) is -1.15. The molecule has 0 amide bonds. The molecule has 62 heavy (non-hydrogen) atoms. The number of para-hydroxylation sites is 4. The van der Waals surface area contributed by atoms with Gasteiger partial charge in [-0.05, 0) is 92.3 Å². The fraction of sp³-hybridized carbons (Fsp3) is 0.360. The van der Waals surface area contributed by atoms with Gasteiger partial charge in [0.1, 0.15) is 0 Å². The van der Waals surface area contributed by atoms with Crippen molar-refractivity contribution in [1.29, 1.82) is 0 Å². The normalized spacial score (nSPS) is 12.6. The number of nitrogens with zero attached hydrogens (tertiary/aromatic N) is 6. The largest absolute Gasteiger partial charge is 0.481 e. The van der Waals surface area contributed by atoms with Gasteiger partial charge in [0.05, 0.1) is 54.6 Å². The van der Waals surface area contributed by atoms with Crippen LogP contribution in [0.25, 0.3) is 43.9 Å². The molecule has 0 aliphatic rings. The van der Waals surface area contributed by atoms with Gasteiger partial charge in [-0.1, -0.05) is 75.2 Å². The Hall–Kier alpha value is -6.56. The fourth-order valence-electron chi connectivity index (χ4n) is 9.45. The molecule has 0 aliphatic carbocycles. The zero-order valence-corrected chi connectivity index (χ0v) is 36.9. The van der Waals surface area contributed by atoms with Gasteiger partial charge in [0, 0.05) is 60.4 Å². The van der Waals surface area contributed by atoms with Gasteiger partial charge < -0.3 is 19.0 Å². The number of ether oxygens (including phenoxy) is 1. The second-order valence-corrected chi connectivity index (χ2v) is 16.4. The van der Waals surface area contributed by atoms with Crippen molar-refractivity contribution < 1.29 is 19.4 Å². The molecule has 8 rings (SSSR count). The number of fused-ring (bicyclic) bond motifs is 4. The molecule has 0 aliphatic heterocycles. The van der Waals surface area contributed by atoms with Crippen molar-refractivity contribution in [3.8, 4) is 0 Å². The Balaban J connectivity index is 0.000000187. The molecular weight excluding hydrogens is 781 g/mol. The summed E-state index contributed by atoms with van der Waals surface area (Å²) in [7, 11) is 4.05. The molecule has 324 valence electrons. The Bertz CT molecular complexity index is 3030. The maximum atomic E-state index is 13.7. The highest BCUT2D eigenvalue weighted by Crippen LogP contribution is 2.30. The van der Waals surface area contributed by atoms with Gasteiger partial charge in [0.25, 0.3) is 0 Å². The van der Waals surface area contributed by atoms with E-state index in [1.807, 2.05) is 80.2 Å². The third-order valence-corrected chi connectivity index (χ3v) is 12.1. The molecule has 8 aromatic rings. The first-order chi connectivity index (χ1) is 29.9. The van der Waals surface area contributed by atoms with E-state index in [0.717, 1.165) is 63.5 Å². The molecule has 2 atom stereocenters. The van der Waals surface area contributed by atoms with Gasteiger partial charge in [-0.3, -0.25) is 27.9 Å². The number of aromatic nitrogens is 6. The number of aryl methyl sites for hydroxylation is 4. The number of aliphatic carboxylic acids is 1. The third kappa shape index (κ3) is 8.38. The van der Waals surface area contributed by atoms with Crippen LogP contribution in [0.4, 0.5) is 0 Å². The molecule has 0 unspecified atom stereocenters. The van der Waals surface area contributed by atoms with Gasteiger partial charge in [0.15, 0.2) is 0 Å². The van der Waals surface area contributed by atoms with Crippen molar-refractivity contribution in [3.63, 3.8) is 0 Å². The van der Waals surface area contributed by atoms with E-state index in [4.69, 9.17) is 4.74 Å². The summed E-state index contributed by atoms with van der Waals surface area (Å²) in [6.45, 7) is 11.3. The van der Waals surface area contributed by atoms with Crippen LogP contribution in [0.5, 0.6) is 0 Å². The lowest BCUT2D eigenvalue weighted by Crippen LogP contribution is -2.29. The van der Waals surface area contributed by atoms with E-state index in [1.54, 1.807) is 20.6 Å².